The SMILES string of the molecule is Cc1cnc(SC(C)C(C)C(=O)NN)nc1. The van der Waals surface area contributed by atoms with Gasteiger partial charge >= 0.3 is 0 Å². The fourth-order valence-electron chi connectivity index (χ4n) is 1.05. The summed E-state index contributed by atoms with van der Waals surface area (Å²) in [6.07, 6.45) is 3.52. The Hall–Kier alpha value is -1.14. The Kier molecular flexibility index (Phi) is 4.70. The lowest BCUT2D eigenvalue weighted by atomic mass is 10.1. The van der Waals surface area contributed by atoms with Crippen LogP contribution in [0.2, 0.25) is 0 Å². The fraction of sp³-hybridized carbons (Fsp3) is 0.500. The van der Waals surface area contributed by atoms with Gasteiger partial charge in [0.1, 0.15) is 0 Å². The number of aromatic nitrogens is 2. The number of nitrogens with one attached hydrogen (secondary N) is 1. The van der Waals surface area contributed by atoms with E-state index in [1.807, 2.05) is 20.8 Å². The molecule has 2 unspecified atom stereocenters. The number of carbonyl (C=O) groups excluding carboxylic acids is 1. The highest BCUT2D eigenvalue weighted by Crippen LogP contribution is 2.24. The van der Waals surface area contributed by atoms with Crippen molar-refractivity contribution in [1.82, 2.24) is 15.4 Å². The van der Waals surface area contributed by atoms with Gasteiger partial charge in [-0.3, -0.25) is 10.2 Å². The van der Waals surface area contributed by atoms with Crippen LogP contribution >= 0.6 is 11.8 Å². The van der Waals surface area contributed by atoms with Crippen molar-refractivity contribution in [2.24, 2.45) is 11.8 Å². The lowest BCUT2D eigenvalue weighted by molar-refractivity contribution is -0.124. The molecule has 3 N–H and O–H groups in total. The topological polar surface area (TPSA) is 80.9 Å². The van der Waals surface area contributed by atoms with Crippen molar-refractivity contribution in [3.8, 4) is 0 Å². The normalized spacial score (nSPS) is 14.2. The van der Waals surface area contributed by atoms with Crippen LogP contribution in [-0.4, -0.2) is 21.1 Å². The highest BCUT2D eigenvalue weighted by Gasteiger charge is 2.21. The predicted octanol–water partition coefficient (Wildman–Crippen LogP) is 0.892. The molecule has 0 spiro atoms. The highest BCUT2D eigenvalue weighted by atomic mass is 32.2. The number of hydrazine groups is 1. The van der Waals surface area contributed by atoms with Crippen molar-refractivity contribution in [2.75, 3.05) is 0 Å². The largest absolute Gasteiger partial charge is 0.294 e. The molecular formula is C10H16N4OS. The van der Waals surface area contributed by atoms with Gasteiger partial charge in [-0.1, -0.05) is 25.6 Å². The summed E-state index contributed by atoms with van der Waals surface area (Å²) in [6.45, 7) is 5.71. The van der Waals surface area contributed by atoms with Crippen LogP contribution < -0.4 is 11.3 Å². The zero-order chi connectivity index (χ0) is 12.1. The van der Waals surface area contributed by atoms with Gasteiger partial charge < -0.3 is 0 Å². The van der Waals surface area contributed by atoms with Crippen molar-refractivity contribution in [2.45, 2.75) is 31.2 Å². The van der Waals surface area contributed by atoms with Gasteiger partial charge in [0.2, 0.25) is 5.91 Å². The van der Waals surface area contributed by atoms with Crippen LogP contribution in [-0.2, 0) is 4.79 Å². The molecule has 0 aliphatic carbocycles. The Balaban J connectivity index is 2.60. The molecule has 2 atom stereocenters. The molecule has 0 aromatic carbocycles. The van der Waals surface area contributed by atoms with Crippen molar-refractivity contribution in [3.63, 3.8) is 0 Å². The van der Waals surface area contributed by atoms with Gasteiger partial charge in [0, 0.05) is 23.6 Å². The standard InChI is InChI=1S/C10H16N4OS/c1-6-4-12-10(13-5-6)16-8(3)7(2)9(15)14-11/h4-5,7-8H,11H2,1-3H3,(H,14,15). The average Bonchev–Trinajstić information content (AvgIpc) is 2.30. The Morgan fingerprint density at radius 1 is 1.44 bits per heavy atom. The zero-order valence-corrected chi connectivity index (χ0v) is 10.4. The van der Waals surface area contributed by atoms with Crippen LogP contribution in [0, 0.1) is 12.8 Å². The first-order valence-corrected chi connectivity index (χ1v) is 5.88. The van der Waals surface area contributed by atoms with Crippen molar-refractivity contribution >= 4 is 17.7 Å². The van der Waals surface area contributed by atoms with Gasteiger partial charge in [-0.25, -0.2) is 15.8 Å². The van der Waals surface area contributed by atoms with Gasteiger partial charge in [-0.05, 0) is 12.5 Å². The summed E-state index contributed by atoms with van der Waals surface area (Å²) in [5, 5.41) is 0.751. The summed E-state index contributed by atoms with van der Waals surface area (Å²) >= 11 is 1.47. The lowest BCUT2D eigenvalue weighted by Gasteiger charge is -2.16. The van der Waals surface area contributed by atoms with Gasteiger partial charge in [0.25, 0.3) is 0 Å². The maximum absolute atomic E-state index is 11.3. The monoisotopic (exact) mass is 240 g/mol. The van der Waals surface area contributed by atoms with E-state index in [9.17, 15) is 4.79 Å². The molecule has 1 heterocycles. The molecule has 6 heteroatoms. The number of hydrogen-bond donors (Lipinski definition) is 2. The number of carbonyl (C=O) groups is 1. The molecule has 0 bridgehead atoms. The molecule has 1 amide bonds. The molecule has 0 fully saturated rings. The smallest absolute Gasteiger partial charge is 0.237 e. The second kappa shape index (κ2) is 5.81. The summed E-state index contributed by atoms with van der Waals surface area (Å²) in [6, 6.07) is 0. The average molecular weight is 240 g/mol. The first kappa shape index (κ1) is 12.9. The van der Waals surface area contributed by atoms with E-state index in [0.717, 1.165) is 5.56 Å². The second-order valence-corrected chi connectivity index (χ2v) is 5.01. The number of rotatable bonds is 4. The second-order valence-electron chi connectivity index (χ2n) is 3.66. The van der Waals surface area contributed by atoms with Gasteiger partial charge in [-0.15, -0.1) is 0 Å². The molecule has 16 heavy (non-hydrogen) atoms. The first-order valence-electron chi connectivity index (χ1n) is 5.00. The Bertz CT molecular complexity index is 354. The Labute approximate surface area is 99.2 Å². The molecule has 0 saturated carbocycles. The Morgan fingerprint density at radius 3 is 2.50 bits per heavy atom. The minimum atomic E-state index is -0.181. The fourth-order valence-corrected chi connectivity index (χ4v) is 1.94. The van der Waals surface area contributed by atoms with Crippen LogP contribution in [0.4, 0.5) is 0 Å². The summed E-state index contributed by atoms with van der Waals surface area (Å²) < 4.78 is 0. The van der Waals surface area contributed by atoms with Crippen molar-refractivity contribution in [3.05, 3.63) is 18.0 Å². The molecule has 88 valence electrons. The quantitative estimate of drug-likeness (QED) is 0.268. The molecule has 1 aromatic rings. The van der Waals surface area contributed by atoms with Crippen molar-refractivity contribution < 1.29 is 4.79 Å². The Morgan fingerprint density at radius 2 is 2.00 bits per heavy atom. The van der Waals surface area contributed by atoms with E-state index in [0.29, 0.717) is 5.16 Å². The van der Waals surface area contributed by atoms with E-state index >= 15 is 0 Å². The number of nitrogens with zero attached hydrogens (tertiary/aromatic N) is 2. The third-order valence-corrected chi connectivity index (χ3v) is 3.51. The third kappa shape index (κ3) is 3.46. The van der Waals surface area contributed by atoms with Crippen LogP contribution in [0.3, 0.4) is 0 Å². The van der Waals surface area contributed by atoms with Crippen LogP contribution in [0.25, 0.3) is 0 Å². The number of nitrogens with two attached hydrogens (primary N) is 1. The molecule has 5 nitrogen and oxygen atoms in total. The van der Waals surface area contributed by atoms with E-state index in [-0.39, 0.29) is 17.1 Å². The summed E-state index contributed by atoms with van der Waals surface area (Å²) in [5.74, 6) is 4.73. The number of thioether (sulfide) groups is 1. The van der Waals surface area contributed by atoms with Crippen molar-refractivity contribution in [1.29, 1.82) is 0 Å². The highest BCUT2D eigenvalue weighted by molar-refractivity contribution is 7.99. The molecule has 1 aromatic heterocycles. The summed E-state index contributed by atoms with van der Waals surface area (Å²) in [7, 11) is 0. The zero-order valence-electron chi connectivity index (χ0n) is 9.60. The van der Waals surface area contributed by atoms with E-state index in [2.05, 4.69) is 15.4 Å². The number of hydrogen-bond acceptors (Lipinski definition) is 5. The van der Waals surface area contributed by atoms with E-state index in [4.69, 9.17) is 5.84 Å². The van der Waals surface area contributed by atoms with Crippen LogP contribution in [0.15, 0.2) is 17.6 Å². The lowest BCUT2D eigenvalue weighted by Crippen LogP contribution is -2.38. The molecule has 1 rings (SSSR count). The molecular weight excluding hydrogens is 224 g/mol. The molecule has 0 aliphatic rings. The summed E-state index contributed by atoms with van der Waals surface area (Å²) in [5.41, 5.74) is 3.17. The molecule has 0 radical (unpaired) electrons. The number of amides is 1. The van der Waals surface area contributed by atoms with Crippen LogP contribution in [0.1, 0.15) is 19.4 Å². The van der Waals surface area contributed by atoms with Gasteiger partial charge in [0.15, 0.2) is 5.16 Å². The van der Waals surface area contributed by atoms with Crippen LogP contribution in [0.5, 0.6) is 0 Å². The minimum absolute atomic E-state index is 0.0752. The molecule has 0 aliphatic heterocycles. The maximum Gasteiger partial charge on any atom is 0.237 e. The third-order valence-electron chi connectivity index (χ3n) is 2.31. The van der Waals surface area contributed by atoms with E-state index in [1.165, 1.54) is 11.8 Å². The summed E-state index contributed by atoms with van der Waals surface area (Å²) in [4.78, 5) is 19.7. The van der Waals surface area contributed by atoms with Gasteiger partial charge in [-0.2, -0.15) is 0 Å². The van der Waals surface area contributed by atoms with E-state index in [1.54, 1.807) is 12.4 Å². The number of aryl methyl sites for hydroxylation is 1. The first-order chi connectivity index (χ1) is 7.54. The van der Waals surface area contributed by atoms with E-state index < -0.39 is 0 Å². The maximum atomic E-state index is 11.3. The van der Waals surface area contributed by atoms with Gasteiger partial charge in [0.05, 0.1) is 0 Å². The predicted molar refractivity (Wildman–Crippen MR) is 63.6 cm³/mol. The minimum Gasteiger partial charge on any atom is -0.294 e. The molecule has 0 saturated heterocycles.